The summed E-state index contributed by atoms with van der Waals surface area (Å²) in [7, 11) is 0. The van der Waals surface area contributed by atoms with E-state index in [1.54, 1.807) is 6.92 Å². The van der Waals surface area contributed by atoms with Gasteiger partial charge in [-0.3, -0.25) is 4.79 Å². The van der Waals surface area contributed by atoms with Crippen LogP contribution in [0.1, 0.15) is 45.4 Å². The van der Waals surface area contributed by atoms with E-state index in [1.807, 2.05) is 0 Å². The molecule has 1 aliphatic rings. The molecule has 0 aliphatic heterocycles. The van der Waals surface area contributed by atoms with Crippen molar-refractivity contribution in [1.29, 1.82) is 0 Å². The zero-order chi connectivity index (χ0) is 14.1. The molecule has 1 aliphatic carbocycles. The fraction of sp³-hybridized carbons (Fsp3) is 0.643. The normalized spacial score (nSPS) is 16.3. The Morgan fingerprint density at radius 1 is 1.05 bits per heavy atom. The van der Waals surface area contributed by atoms with Crippen molar-refractivity contribution in [2.75, 3.05) is 6.61 Å². The Morgan fingerprint density at radius 3 is 2.32 bits per heavy atom. The van der Waals surface area contributed by atoms with Gasteiger partial charge in [0.15, 0.2) is 5.78 Å². The molecule has 0 aromatic carbocycles. The van der Waals surface area contributed by atoms with Crippen molar-refractivity contribution in [2.24, 2.45) is 0 Å². The van der Waals surface area contributed by atoms with E-state index in [0.29, 0.717) is 6.42 Å². The summed E-state index contributed by atoms with van der Waals surface area (Å²) in [5, 5.41) is 0. The predicted molar refractivity (Wildman–Crippen MR) is 68.4 cm³/mol. The Morgan fingerprint density at radius 2 is 1.68 bits per heavy atom. The SMILES string of the molecule is CCC(=O)COC(=O)/C=C/C(=O)OC1CCCCC1. The molecule has 0 saturated heterocycles. The molecule has 0 atom stereocenters. The summed E-state index contributed by atoms with van der Waals surface area (Å²) in [5.74, 6) is -1.40. The number of Topliss-reactive ketones (excluding diaryl/α,β-unsaturated/α-hetero) is 1. The Hall–Kier alpha value is -1.65. The van der Waals surface area contributed by atoms with Gasteiger partial charge < -0.3 is 9.47 Å². The van der Waals surface area contributed by atoms with Gasteiger partial charge in [-0.1, -0.05) is 13.3 Å². The summed E-state index contributed by atoms with van der Waals surface area (Å²) in [5.41, 5.74) is 0. The quantitative estimate of drug-likeness (QED) is 0.544. The second-order valence-electron chi connectivity index (χ2n) is 4.53. The number of hydrogen-bond donors (Lipinski definition) is 0. The van der Waals surface area contributed by atoms with Crippen molar-refractivity contribution in [3.05, 3.63) is 12.2 Å². The van der Waals surface area contributed by atoms with Crippen molar-refractivity contribution in [3.63, 3.8) is 0 Å². The molecule has 0 bridgehead atoms. The highest BCUT2D eigenvalue weighted by molar-refractivity contribution is 5.92. The minimum Gasteiger partial charge on any atom is -0.459 e. The minimum atomic E-state index is -0.706. The molecular formula is C14H20O5. The lowest BCUT2D eigenvalue weighted by Gasteiger charge is -2.20. The standard InChI is InChI=1S/C14H20O5/c1-2-11(15)10-18-13(16)8-9-14(17)19-12-6-4-3-5-7-12/h8-9,12H,2-7,10H2,1H3/b9-8+. The fourth-order valence-corrected chi connectivity index (χ4v) is 1.82. The van der Waals surface area contributed by atoms with Crippen LogP contribution in [-0.4, -0.2) is 30.4 Å². The van der Waals surface area contributed by atoms with E-state index in [0.717, 1.165) is 37.8 Å². The summed E-state index contributed by atoms with van der Waals surface area (Å²) in [6.45, 7) is 1.44. The number of ether oxygens (including phenoxy) is 2. The maximum atomic E-state index is 11.4. The molecule has 5 nitrogen and oxygen atoms in total. The van der Waals surface area contributed by atoms with Gasteiger partial charge >= 0.3 is 11.9 Å². The number of hydrogen-bond acceptors (Lipinski definition) is 5. The summed E-state index contributed by atoms with van der Waals surface area (Å²) in [6, 6.07) is 0. The number of carbonyl (C=O) groups excluding carboxylic acids is 3. The average molecular weight is 268 g/mol. The smallest absolute Gasteiger partial charge is 0.331 e. The number of ketones is 1. The van der Waals surface area contributed by atoms with Gasteiger partial charge in [0.2, 0.25) is 0 Å². The van der Waals surface area contributed by atoms with E-state index in [-0.39, 0.29) is 18.5 Å². The molecule has 0 aromatic heterocycles. The van der Waals surface area contributed by atoms with Crippen LogP contribution in [0.4, 0.5) is 0 Å². The van der Waals surface area contributed by atoms with Crippen LogP contribution in [0.3, 0.4) is 0 Å². The highest BCUT2D eigenvalue weighted by Gasteiger charge is 2.16. The lowest BCUT2D eigenvalue weighted by molar-refractivity contribution is -0.145. The van der Waals surface area contributed by atoms with E-state index in [9.17, 15) is 14.4 Å². The molecule has 106 valence electrons. The van der Waals surface area contributed by atoms with Gasteiger partial charge in [0.05, 0.1) is 0 Å². The Balaban J connectivity index is 2.24. The highest BCUT2D eigenvalue weighted by Crippen LogP contribution is 2.20. The van der Waals surface area contributed by atoms with Gasteiger partial charge in [0.25, 0.3) is 0 Å². The van der Waals surface area contributed by atoms with Crippen LogP contribution >= 0.6 is 0 Å². The van der Waals surface area contributed by atoms with Crippen LogP contribution < -0.4 is 0 Å². The van der Waals surface area contributed by atoms with Gasteiger partial charge in [-0.15, -0.1) is 0 Å². The van der Waals surface area contributed by atoms with Crippen LogP contribution in [0, 0.1) is 0 Å². The van der Waals surface area contributed by atoms with Gasteiger partial charge in [0.1, 0.15) is 12.7 Å². The van der Waals surface area contributed by atoms with E-state index < -0.39 is 11.9 Å². The van der Waals surface area contributed by atoms with E-state index >= 15 is 0 Å². The van der Waals surface area contributed by atoms with Crippen molar-refractivity contribution >= 4 is 17.7 Å². The molecule has 5 heteroatoms. The molecule has 1 saturated carbocycles. The van der Waals surface area contributed by atoms with Gasteiger partial charge in [-0.25, -0.2) is 9.59 Å². The monoisotopic (exact) mass is 268 g/mol. The molecule has 0 unspecified atom stereocenters. The van der Waals surface area contributed by atoms with Crippen molar-refractivity contribution in [3.8, 4) is 0 Å². The molecule has 0 radical (unpaired) electrons. The first kappa shape index (κ1) is 15.4. The summed E-state index contributed by atoms with van der Waals surface area (Å²) in [4.78, 5) is 33.5. The molecular weight excluding hydrogens is 248 g/mol. The van der Waals surface area contributed by atoms with Gasteiger partial charge in [0, 0.05) is 18.6 Å². The third-order valence-corrected chi connectivity index (χ3v) is 2.96. The maximum absolute atomic E-state index is 11.4. The van der Waals surface area contributed by atoms with Crippen LogP contribution in [0.5, 0.6) is 0 Å². The summed E-state index contributed by atoms with van der Waals surface area (Å²) in [6.07, 6.45) is 7.42. The van der Waals surface area contributed by atoms with Gasteiger partial charge in [-0.2, -0.15) is 0 Å². The average Bonchev–Trinajstić information content (AvgIpc) is 2.43. The first-order chi connectivity index (χ1) is 9.11. The second-order valence-corrected chi connectivity index (χ2v) is 4.53. The first-order valence-corrected chi connectivity index (χ1v) is 6.69. The van der Waals surface area contributed by atoms with Crippen LogP contribution in [-0.2, 0) is 23.9 Å². The Labute approximate surface area is 112 Å². The van der Waals surface area contributed by atoms with E-state index in [1.165, 1.54) is 6.42 Å². The first-order valence-electron chi connectivity index (χ1n) is 6.69. The number of rotatable bonds is 6. The lowest BCUT2D eigenvalue weighted by atomic mass is 9.98. The van der Waals surface area contributed by atoms with Crippen molar-refractivity contribution in [1.82, 2.24) is 0 Å². The third kappa shape index (κ3) is 6.74. The van der Waals surface area contributed by atoms with Gasteiger partial charge in [-0.05, 0) is 25.7 Å². The Kier molecular flexibility index (Phi) is 6.85. The van der Waals surface area contributed by atoms with Crippen LogP contribution in [0.2, 0.25) is 0 Å². The largest absolute Gasteiger partial charge is 0.459 e. The second kappa shape index (κ2) is 8.45. The van der Waals surface area contributed by atoms with Crippen LogP contribution in [0.25, 0.3) is 0 Å². The number of esters is 2. The molecule has 0 amide bonds. The predicted octanol–water partition coefficient (Wildman–Crippen LogP) is 1.94. The molecule has 0 spiro atoms. The van der Waals surface area contributed by atoms with E-state index in [2.05, 4.69) is 4.74 Å². The molecule has 1 rings (SSSR count). The summed E-state index contributed by atoms with van der Waals surface area (Å²) < 4.78 is 9.84. The maximum Gasteiger partial charge on any atom is 0.331 e. The zero-order valence-corrected chi connectivity index (χ0v) is 11.2. The molecule has 19 heavy (non-hydrogen) atoms. The van der Waals surface area contributed by atoms with Crippen LogP contribution in [0.15, 0.2) is 12.2 Å². The Bertz CT molecular complexity index is 353. The number of carbonyl (C=O) groups is 3. The molecule has 1 fully saturated rings. The third-order valence-electron chi connectivity index (χ3n) is 2.96. The summed E-state index contributed by atoms with van der Waals surface area (Å²) >= 11 is 0. The molecule has 0 heterocycles. The fourth-order valence-electron chi connectivity index (χ4n) is 1.82. The van der Waals surface area contributed by atoms with Crippen molar-refractivity contribution < 1.29 is 23.9 Å². The molecule has 0 aromatic rings. The highest BCUT2D eigenvalue weighted by atomic mass is 16.5. The van der Waals surface area contributed by atoms with E-state index in [4.69, 9.17) is 4.74 Å². The lowest BCUT2D eigenvalue weighted by Crippen LogP contribution is -2.20. The minimum absolute atomic E-state index is 0.0383. The topological polar surface area (TPSA) is 69.7 Å². The zero-order valence-electron chi connectivity index (χ0n) is 11.2. The molecule has 0 N–H and O–H groups in total. The van der Waals surface area contributed by atoms with Crippen molar-refractivity contribution in [2.45, 2.75) is 51.6 Å².